The second-order valence-corrected chi connectivity index (χ2v) is 6.16. The maximum Gasteiger partial charge on any atom is 0.334 e. The smallest absolute Gasteiger partial charge is 0.334 e. The molecule has 1 aromatic carbocycles. The number of piperidine rings is 1. The van der Waals surface area contributed by atoms with Gasteiger partial charge >= 0.3 is 5.97 Å². The summed E-state index contributed by atoms with van der Waals surface area (Å²) in [6.45, 7) is 2.34. The van der Waals surface area contributed by atoms with E-state index in [9.17, 15) is 9.90 Å². The van der Waals surface area contributed by atoms with Crippen molar-refractivity contribution in [2.45, 2.75) is 25.5 Å². The lowest BCUT2D eigenvalue weighted by atomic mass is 9.91. The minimum Gasteiger partial charge on any atom is -0.467 e. The van der Waals surface area contributed by atoms with Crippen molar-refractivity contribution in [3.05, 3.63) is 33.8 Å². The minimum absolute atomic E-state index is 0.0384. The van der Waals surface area contributed by atoms with Gasteiger partial charge in [-0.05, 0) is 55.6 Å². The van der Waals surface area contributed by atoms with Gasteiger partial charge < -0.3 is 9.84 Å². The molecule has 0 bridgehead atoms. The molecule has 1 fully saturated rings. The highest BCUT2D eigenvalue weighted by atomic mass is 35.5. The van der Waals surface area contributed by atoms with E-state index in [-0.39, 0.29) is 5.92 Å². The number of halogens is 2. The van der Waals surface area contributed by atoms with Gasteiger partial charge in [0.25, 0.3) is 0 Å². The van der Waals surface area contributed by atoms with E-state index in [1.165, 1.54) is 7.11 Å². The van der Waals surface area contributed by atoms with Crippen molar-refractivity contribution in [2.75, 3.05) is 20.2 Å². The van der Waals surface area contributed by atoms with Gasteiger partial charge in [-0.3, -0.25) is 4.90 Å². The molecule has 1 aliphatic rings. The second kappa shape index (κ2) is 7.45. The van der Waals surface area contributed by atoms with Crippen molar-refractivity contribution in [3.8, 4) is 0 Å². The number of carbonyl (C=O) groups is 1. The largest absolute Gasteiger partial charge is 0.467 e. The Bertz CT molecular complexity index is 502. The molecular formula is C15H19Cl2NO3. The third kappa shape index (κ3) is 4.33. The van der Waals surface area contributed by atoms with E-state index in [2.05, 4.69) is 9.64 Å². The molecule has 0 radical (unpaired) electrons. The molecule has 1 aliphatic heterocycles. The van der Waals surface area contributed by atoms with Gasteiger partial charge in [-0.15, -0.1) is 0 Å². The summed E-state index contributed by atoms with van der Waals surface area (Å²) in [7, 11) is 1.29. The van der Waals surface area contributed by atoms with Crippen molar-refractivity contribution < 1.29 is 14.6 Å². The molecule has 0 saturated carbocycles. The summed E-state index contributed by atoms with van der Waals surface area (Å²) in [5.74, 6) is -0.588. The van der Waals surface area contributed by atoms with Crippen molar-refractivity contribution in [1.82, 2.24) is 4.90 Å². The Hall–Kier alpha value is -0.810. The zero-order valence-electron chi connectivity index (χ0n) is 11.9. The molecule has 1 unspecified atom stereocenters. The number of nitrogens with zero attached hydrogens (tertiary/aromatic N) is 1. The molecule has 1 N–H and O–H groups in total. The summed E-state index contributed by atoms with van der Waals surface area (Å²) < 4.78 is 4.58. The van der Waals surface area contributed by atoms with Gasteiger partial charge in [0.1, 0.15) is 0 Å². The van der Waals surface area contributed by atoms with Crippen LogP contribution in [0.5, 0.6) is 0 Å². The normalized spacial score (nSPS) is 18.5. The molecule has 1 aromatic rings. The second-order valence-electron chi connectivity index (χ2n) is 5.32. The van der Waals surface area contributed by atoms with E-state index in [0.717, 1.165) is 38.0 Å². The zero-order valence-corrected chi connectivity index (χ0v) is 13.4. The SMILES string of the molecule is COC(=O)C(O)C1CCN(Cc2cc(Cl)ccc2Cl)CC1. The Labute approximate surface area is 134 Å². The summed E-state index contributed by atoms with van der Waals surface area (Å²) in [4.78, 5) is 13.6. The lowest BCUT2D eigenvalue weighted by molar-refractivity contribution is -0.154. The summed E-state index contributed by atoms with van der Waals surface area (Å²) in [6.07, 6.45) is 0.495. The highest BCUT2D eigenvalue weighted by Crippen LogP contribution is 2.26. The van der Waals surface area contributed by atoms with Crippen molar-refractivity contribution in [2.24, 2.45) is 5.92 Å². The monoisotopic (exact) mass is 331 g/mol. The van der Waals surface area contributed by atoms with E-state index < -0.39 is 12.1 Å². The van der Waals surface area contributed by atoms with Crippen LogP contribution in [-0.4, -0.2) is 42.3 Å². The third-order valence-electron chi connectivity index (χ3n) is 3.92. The quantitative estimate of drug-likeness (QED) is 0.862. The summed E-state index contributed by atoms with van der Waals surface area (Å²) in [6, 6.07) is 5.44. The Morgan fingerprint density at radius 1 is 1.43 bits per heavy atom. The molecule has 1 heterocycles. The minimum atomic E-state index is -1.02. The van der Waals surface area contributed by atoms with Gasteiger partial charge in [-0.2, -0.15) is 0 Å². The molecule has 1 saturated heterocycles. The molecule has 0 aliphatic carbocycles. The first-order valence-corrected chi connectivity index (χ1v) is 7.69. The Morgan fingerprint density at radius 3 is 2.71 bits per heavy atom. The number of carbonyl (C=O) groups excluding carboxylic acids is 1. The number of hydrogen-bond donors (Lipinski definition) is 1. The Morgan fingerprint density at radius 2 is 2.10 bits per heavy atom. The number of benzene rings is 1. The van der Waals surface area contributed by atoms with Crippen LogP contribution in [-0.2, 0) is 16.1 Å². The van der Waals surface area contributed by atoms with Gasteiger partial charge in [0.15, 0.2) is 6.10 Å². The van der Waals surface area contributed by atoms with Gasteiger partial charge in [-0.25, -0.2) is 4.79 Å². The molecule has 0 spiro atoms. The molecule has 1 atom stereocenters. The van der Waals surface area contributed by atoms with Crippen LogP contribution in [0.25, 0.3) is 0 Å². The topological polar surface area (TPSA) is 49.8 Å². The lowest BCUT2D eigenvalue weighted by Gasteiger charge is -2.33. The van der Waals surface area contributed by atoms with Gasteiger partial charge in [0, 0.05) is 16.6 Å². The third-order valence-corrected chi connectivity index (χ3v) is 4.53. The summed E-state index contributed by atoms with van der Waals surface area (Å²) in [5.41, 5.74) is 0.996. The van der Waals surface area contributed by atoms with Crippen LogP contribution < -0.4 is 0 Å². The summed E-state index contributed by atoms with van der Waals surface area (Å²) >= 11 is 12.2. The Balaban J connectivity index is 1.89. The highest BCUT2D eigenvalue weighted by Gasteiger charge is 2.30. The van der Waals surface area contributed by atoms with Crippen molar-refractivity contribution >= 4 is 29.2 Å². The number of likely N-dealkylation sites (tertiary alicyclic amines) is 1. The molecule has 6 heteroatoms. The molecule has 116 valence electrons. The number of rotatable bonds is 4. The Kier molecular flexibility index (Phi) is 5.88. The van der Waals surface area contributed by atoms with Gasteiger partial charge in [0.2, 0.25) is 0 Å². The van der Waals surface area contributed by atoms with E-state index in [1.807, 2.05) is 6.07 Å². The number of esters is 1. The van der Waals surface area contributed by atoms with Gasteiger partial charge in [0.05, 0.1) is 7.11 Å². The first kappa shape index (κ1) is 16.6. The fraction of sp³-hybridized carbons (Fsp3) is 0.533. The molecule has 21 heavy (non-hydrogen) atoms. The fourth-order valence-electron chi connectivity index (χ4n) is 2.65. The van der Waals surface area contributed by atoms with E-state index in [1.54, 1.807) is 12.1 Å². The molecule has 2 rings (SSSR count). The first-order valence-electron chi connectivity index (χ1n) is 6.93. The van der Waals surface area contributed by atoms with Crippen LogP contribution in [0, 0.1) is 5.92 Å². The zero-order chi connectivity index (χ0) is 15.4. The number of ether oxygens (including phenoxy) is 1. The maximum absolute atomic E-state index is 11.3. The summed E-state index contributed by atoms with van der Waals surface area (Å²) in [5, 5.41) is 11.2. The van der Waals surface area contributed by atoms with Gasteiger partial charge in [-0.1, -0.05) is 23.2 Å². The highest BCUT2D eigenvalue weighted by molar-refractivity contribution is 6.33. The van der Waals surface area contributed by atoms with Crippen LogP contribution in [0.3, 0.4) is 0 Å². The lowest BCUT2D eigenvalue weighted by Crippen LogP contribution is -2.40. The van der Waals surface area contributed by atoms with E-state index in [4.69, 9.17) is 23.2 Å². The van der Waals surface area contributed by atoms with Crippen LogP contribution in [0.15, 0.2) is 18.2 Å². The maximum atomic E-state index is 11.3. The first-order chi connectivity index (χ1) is 10.0. The fourth-order valence-corrected chi connectivity index (χ4v) is 3.02. The average molecular weight is 332 g/mol. The molecule has 4 nitrogen and oxygen atoms in total. The average Bonchev–Trinajstić information content (AvgIpc) is 2.50. The van der Waals surface area contributed by atoms with Crippen LogP contribution in [0.1, 0.15) is 18.4 Å². The number of hydrogen-bond acceptors (Lipinski definition) is 4. The number of aliphatic hydroxyl groups is 1. The van der Waals surface area contributed by atoms with E-state index >= 15 is 0 Å². The van der Waals surface area contributed by atoms with Crippen LogP contribution in [0.4, 0.5) is 0 Å². The molecule has 0 aromatic heterocycles. The number of methoxy groups -OCH3 is 1. The van der Waals surface area contributed by atoms with Crippen LogP contribution >= 0.6 is 23.2 Å². The predicted octanol–water partition coefficient (Wildman–Crippen LogP) is 2.74. The van der Waals surface area contributed by atoms with Crippen molar-refractivity contribution in [3.63, 3.8) is 0 Å². The van der Waals surface area contributed by atoms with Crippen molar-refractivity contribution in [1.29, 1.82) is 0 Å². The molecular weight excluding hydrogens is 313 g/mol. The van der Waals surface area contributed by atoms with Crippen LogP contribution in [0.2, 0.25) is 10.0 Å². The number of aliphatic hydroxyl groups excluding tert-OH is 1. The standard InChI is InChI=1S/C15H19Cl2NO3/c1-21-15(20)14(19)10-4-6-18(7-5-10)9-11-8-12(16)2-3-13(11)17/h2-3,8,10,14,19H,4-7,9H2,1H3. The molecule has 0 amide bonds. The van der Waals surface area contributed by atoms with E-state index in [0.29, 0.717) is 10.0 Å². The predicted molar refractivity (Wildman–Crippen MR) is 82.5 cm³/mol.